The number of carbonyl (C=O) groups is 2. The molecule has 2 amide bonds. The van der Waals surface area contributed by atoms with Gasteiger partial charge in [0.1, 0.15) is 11.8 Å². The molecule has 1 fully saturated rings. The molecule has 1 N–H and O–H groups in total. The third-order valence-corrected chi connectivity index (χ3v) is 6.47. The van der Waals surface area contributed by atoms with Gasteiger partial charge in [0.05, 0.1) is 0 Å². The molecule has 0 bridgehead atoms. The minimum atomic E-state index is -0.597. The second-order valence-electron chi connectivity index (χ2n) is 8.73. The lowest BCUT2D eigenvalue weighted by atomic mass is 9.95. The highest BCUT2D eigenvalue weighted by Gasteiger charge is 2.28. The molecule has 5 nitrogen and oxygen atoms in total. The standard InChI is InChI=1S/C26H33ClN2O3/c1-18-8-7-9-21(14-18)16-29(20(3)26(31)28-22-10-5-4-6-11-22)25(30)17-32-23-12-13-24(27)19(2)15-23/h7-9,12-15,20,22H,4-6,10-11,16-17H2,1-3H3,(H,28,31)/t20-/m0/s1. The minimum absolute atomic E-state index is 0.111. The Balaban J connectivity index is 1.71. The number of ether oxygens (including phenoxy) is 1. The Hall–Kier alpha value is -2.53. The summed E-state index contributed by atoms with van der Waals surface area (Å²) in [5.74, 6) is 0.237. The summed E-state index contributed by atoms with van der Waals surface area (Å²) in [5.41, 5.74) is 2.98. The molecule has 32 heavy (non-hydrogen) atoms. The molecule has 0 unspecified atom stereocenters. The fraction of sp³-hybridized carbons (Fsp3) is 0.462. The first-order chi connectivity index (χ1) is 15.3. The van der Waals surface area contributed by atoms with Crippen LogP contribution in [0.1, 0.15) is 55.7 Å². The molecule has 0 radical (unpaired) electrons. The minimum Gasteiger partial charge on any atom is -0.484 e. The van der Waals surface area contributed by atoms with Crippen LogP contribution in [-0.2, 0) is 16.1 Å². The van der Waals surface area contributed by atoms with E-state index in [0.717, 1.165) is 42.4 Å². The van der Waals surface area contributed by atoms with E-state index in [1.165, 1.54) is 6.42 Å². The number of hydrogen-bond donors (Lipinski definition) is 1. The summed E-state index contributed by atoms with van der Waals surface area (Å²) >= 11 is 6.08. The van der Waals surface area contributed by atoms with E-state index in [1.807, 2.05) is 38.1 Å². The van der Waals surface area contributed by atoms with Gasteiger partial charge in [-0.3, -0.25) is 9.59 Å². The molecule has 2 aromatic carbocycles. The molecule has 0 aliphatic heterocycles. The number of aryl methyl sites for hydroxylation is 2. The van der Waals surface area contributed by atoms with Crippen LogP contribution >= 0.6 is 11.6 Å². The summed E-state index contributed by atoms with van der Waals surface area (Å²) in [6, 6.07) is 12.9. The fourth-order valence-corrected chi connectivity index (χ4v) is 4.21. The first kappa shape index (κ1) is 24.1. The van der Waals surface area contributed by atoms with E-state index >= 15 is 0 Å². The summed E-state index contributed by atoms with van der Waals surface area (Å²) in [6.45, 7) is 5.90. The second-order valence-corrected chi connectivity index (χ2v) is 9.14. The zero-order chi connectivity index (χ0) is 23.1. The summed E-state index contributed by atoms with van der Waals surface area (Å²) in [5, 5.41) is 3.80. The van der Waals surface area contributed by atoms with Crippen molar-refractivity contribution in [3.8, 4) is 5.75 Å². The van der Waals surface area contributed by atoms with Gasteiger partial charge in [0.15, 0.2) is 6.61 Å². The normalized spacial score (nSPS) is 15.1. The van der Waals surface area contributed by atoms with E-state index in [0.29, 0.717) is 17.3 Å². The lowest BCUT2D eigenvalue weighted by molar-refractivity contribution is -0.142. The van der Waals surface area contributed by atoms with Gasteiger partial charge in [-0.05, 0) is 62.9 Å². The van der Waals surface area contributed by atoms with Gasteiger partial charge in [0.2, 0.25) is 5.91 Å². The molecule has 1 saturated carbocycles. The predicted molar refractivity (Wildman–Crippen MR) is 128 cm³/mol. The first-order valence-electron chi connectivity index (χ1n) is 11.4. The average molecular weight is 457 g/mol. The third kappa shape index (κ3) is 6.73. The average Bonchev–Trinajstić information content (AvgIpc) is 2.78. The van der Waals surface area contributed by atoms with Gasteiger partial charge in [-0.25, -0.2) is 0 Å². The molecule has 172 valence electrons. The van der Waals surface area contributed by atoms with Crippen LogP contribution < -0.4 is 10.1 Å². The van der Waals surface area contributed by atoms with E-state index in [1.54, 1.807) is 30.0 Å². The van der Waals surface area contributed by atoms with Crippen molar-refractivity contribution in [2.24, 2.45) is 0 Å². The fourth-order valence-electron chi connectivity index (χ4n) is 4.09. The molecule has 1 aliphatic rings. The number of nitrogens with zero attached hydrogens (tertiary/aromatic N) is 1. The highest BCUT2D eigenvalue weighted by atomic mass is 35.5. The van der Waals surface area contributed by atoms with Crippen LogP contribution in [0.25, 0.3) is 0 Å². The topological polar surface area (TPSA) is 58.6 Å². The van der Waals surface area contributed by atoms with Crippen LogP contribution in [0.4, 0.5) is 0 Å². The molecule has 1 aliphatic carbocycles. The summed E-state index contributed by atoms with van der Waals surface area (Å²) in [7, 11) is 0. The smallest absolute Gasteiger partial charge is 0.261 e. The summed E-state index contributed by atoms with van der Waals surface area (Å²) < 4.78 is 5.74. The van der Waals surface area contributed by atoms with Crippen molar-refractivity contribution in [3.05, 3.63) is 64.2 Å². The molecule has 0 spiro atoms. The molecule has 0 heterocycles. The van der Waals surface area contributed by atoms with Crippen LogP contribution in [0.2, 0.25) is 5.02 Å². The quantitative estimate of drug-likeness (QED) is 0.593. The molecule has 0 aromatic heterocycles. The van der Waals surface area contributed by atoms with Gasteiger partial charge < -0.3 is 15.0 Å². The molecule has 2 aromatic rings. The Bertz CT molecular complexity index is 940. The SMILES string of the molecule is Cc1cccc(CN(C(=O)COc2ccc(Cl)c(C)c2)[C@@H](C)C(=O)NC2CCCCC2)c1. The number of benzene rings is 2. The zero-order valence-electron chi connectivity index (χ0n) is 19.2. The van der Waals surface area contributed by atoms with Crippen molar-refractivity contribution in [1.29, 1.82) is 0 Å². The maximum absolute atomic E-state index is 13.2. The van der Waals surface area contributed by atoms with Gasteiger partial charge in [-0.15, -0.1) is 0 Å². The van der Waals surface area contributed by atoms with E-state index in [-0.39, 0.29) is 24.5 Å². The Kier molecular flexibility index (Phi) is 8.57. The molecular weight excluding hydrogens is 424 g/mol. The van der Waals surface area contributed by atoms with Crippen LogP contribution in [-0.4, -0.2) is 35.4 Å². The molecule has 0 saturated heterocycles. The monoisotopic (exact) mass is 456 g/mol. The number of carbonyl (C=O) groups excluding carboxylic acids is 2. The van der Waals surface area contributed by atoms with Crippen molar-refractivity contribution in [2.75, 3.05) is 6.61 Å². The van der Waals surface area contributed by atoms with Crippen molar-refractivity contribution in [2.45, 2.75) is 71.5 Å². The molecule has 3 rings (SSSR count). The molecular formula is C26H33ClN2O3. The summed E-state index contributed by atoms with van der Waals surface area (Å²) in [6.07, 6.45) is 5.51. The Morgan fingerprint density at radius 2 is 1.88 bits per heavy atom. The Labute approximate surface area is 196 Å². The Morgan fingerprint density at radius 3 is 2.56 bits per heavy atom. The number of nitrogens with one attached hydrogen (secondary N) is 1. The van der Waals surface area contributed by atoms with Crippen LogP contribution in [0, 0.1) is 13.8 Å². The predicted octanol–water partition coefficient (Wildman–Crippen LogP) is 5.20. The van der Waals surface area contributed by atoms with Crippen molar-refractivity contribution in [3.63, 3.8) is 0 Å². The van der Waals surface area contributed by atoms with Gasteiger partial charge >= 0.3 is 0 Å². The van der Waals surface area contributed by atoms with Crippen molar-refractivity contribution >= 4 is 23.4 Å². The van der Waals surface area contributed by atoms with E-state index in [2.05, 4.69) is 5.32 Å². The molecule has 6 heteroatoms. The Morgan fingerprint density at radius 1 is 1.12 bits per heavy atom. The maximum Gasteiger partial charge on any atom is 0.261 e. The van der Waals surface area contributed by atoms with Crippen molar-refractivity contribution < 1.29 is 14.3 Å². The van der Waals surface area contributed by atoms with E-state index in [4.69, 9.17) is 16.3 Å². The number of amides is 2. The lowest BCUT2D eigenvalue weighted by Crippen LogP contribution is -2.51. The van der Waals surface area contributed by atoms with Crippen molar-refractivity contribution in [1.82, 2.24) is 10.2 Å². The zero-order valence-corrected chi connectivity index (χ0v) is 20.0. The maximum atomic E-state index is 13.2. The van der Waals surface area contributed by atoms with Crippen LogP contribution in [0.15, 0.2) is 42.5 Å². The largest absolute Gasteiger partial charge is 0.484 e. The lowest BCUT2D eigenvalue weighted by Gasteiger charge is -2.31. The van der Waals surface area contributed by atoms with Crippen LogP contribution in [0.5, 0.6) is 5.75 Å². The van der Waals surface area contributed by atoms with E-state index in [9.17, 15) is 9.59 Å². The van der Waals surface area contributed by atoms with Gasteiger partial charge in [0, 0.05) is 17.6 Å². The number of hydrogen-bond acceptors (Lipinski definition) is 3. The van der Waals surface area contributed by atoms with Crippen LogP contribution in [0.3, 0.4) is 0 Å². The van der Waals surface area contributed by atoms with Gasteiger partial charge in [-0.1, -0.05) is 60.7 Å². The highest BCUT2D eigenvalue weighted by Crippen LogP contribution is 2.22. The number of halogens is 1. The van der Waals surface area contributed by atoms with Gasteiger partial charge in [0.25, 0.3) is 5.91 Å². The third-order valence-electron chi connectivity index (χ3n) is 6.05. The second kappa shape index (κ2) is 11.4. The van der Waals surface area contributed by atoms with E-state index < -0.39 is 6.04 Å². The summed E-state index contributed by atoms with van der Waals surface area (Å²) in [4.78, 5) is 27.8. The first-order valence-corrected chi connectivity index (χ1v) is 11.8. The van der Waals surface area contributed by atoms with Gasteiger partial charge in [-0.2, -0.15) is 0 Å². The number of rotatable bonds is 8. The molecule has 1 atom stereocenters. The highest BCUT2D eigenvalue weighted by molar-refractivity contribution is 6.31.